The molecule has 7 heteroatoms. The number of non-ortho nitro benzene ring substituents is 1. The van der Waals surface area contributed by atoms with Gasteiger partial charge < -0.3 is 4.57 Å². The Morgan fingerprint density at radius 1 is 1.24 bits per heavy atom. The zero-order valence-corrected chi connectivity index (χ0v) is 15.0. The van der Waals surface area contributed by atoms with Gasteiger partial charge in [0, 0.05) is 19.2 Å². The summed E-state index contributed by atoms with van der Waals surface area (Å²) in [6.07, 6.45) is 0.238. The number of carbonyl (C=O) groups is 1. The normalized spacial score (nSPS) is 11.9. The van der Waals surface area contributed by atoms with Gasteiger partial charge in [0.15, 0.2) is 4.80 Å². The van der Waals surface area contributed by atoms with E-state index in [4.69, 9.17) is 0 Å². The summed E-state index contributed by atoms with van der Waals surface area (Å²) in [5, 5.41) is 10.9. The molecule has 25 heavy (non-hydrogen) atoms. The quantitative estimate of drug-likeness (QED) is 0.533. The number of hydrogen-bond acceptors (Lipinski definition) is 4. The molecule has 0 aliphatic rings. The first-order valence-corrected chi connectivity index (χ1v) is 8.54. The fraction of sp³-hybridized carbons (Fsp3) is 0.222. The Morgan fingerprint density at radius 3 is 2.72 bits per heavy atom. The van der Waals surface area contributed by atoms with Gasteiger partial charge in [-0.25, -0.2) is 0 Å². The van der Waals surface area contributed by atoms with E-state index in [1.807, 2.05) is 32.0 Å². The molecular weight excluding hydrogens is 338 g/mol. The molecule has 1 aromatic heterocycles. The third-order valence-corrected chi connectivity index (χ3v) is 5.17. The number of rotatable bonds is 3. The highest BCUT2D eigenvalue weighted by Gasteiger charge is 2.11. The van der Waals surface area contributed by atoms with Crippen LogP contribution in [0.15, 0.2) is 41.4 Å². The van der Waals surface area contributed by atoms with Gasteiger partial charge in [0.05, 0.1) is 21.6 Å². The molecule has 2 aromatic carbocycles. The van der Waals surface area contributed by atoms with Crippen molar-refractivity contribution in [2.45, 2.75) is 20.3 Å². The summed E-state index contributed by atoms with van der Waals surface area (Å²) in [7, 11) is 1.80. The molecule has 0 fully saturated rings. The second kappa shape index (κ2) is 6.60. The molecule has 0 aliphatic heterocycles. The molecule has 0 aliphatic carbocycles. The number of nitro groups is 1. The molecule has 0 atom stereocenters. The van der Waals surface area contributed by atoms with Crippen molar-refractivity contribution >= 4 is 33.1 Å². The van der Waals surface area contributed by atoms with Crippen LogP contribution in [0.2, 0.25) is 0 Å². The molecule has 128 valence electrons. The van der Waals surface area contributed by atoms with Gasteiger partial charge in [0.25, 0.3) is 11.6 Å². The number of benzene rings is 2. The molecule has 0 spiro atoms. The Labute approximate surface area is 148 Å². The molecule has 3 aromatic rings. The maximum atomic E-state index is 12.4. The van der Waals surface area contributed by atoms with Crippen LogP contribution < -0.4 is 4.80 Å². The molecule has 0 saturated carbocycles. The summed E-state index contributed by atoms with van der Waals surface area (Å²) >= 11 is 1.27. The zero-order chi connectivity index (χ0) is 18.1. The van der Waals surface area contributed by atoms with E-state index in [0.717, 1.165) is 26.9 Å². The second-order valence-corrected chi connectivity index (χ2v) is 6.97. The number of hydrogen-bond donors (Lipinski definition) is 0. The molecule has 6 nitrogen and oxygen atoms in total. The first kappa shape index (κ1) is 17.0. The molecule has 0 saturated heterocycles. The molecule has 1 heterocycles. The summed E-state index contributed by atoms with van der Waals surface area (Å²) in [4.78, 5) is 27.6. The standard InChI is InChI=1S/C18H17N3O3S/c1-11-4-5-12(2)13(8-11)9-17(22)19-18-20(3)15-7-6-14(21(23)24)10-16(15)25-18/h4-8,10H,9H2,1-3H3. The molecule has 0 bridgehead atoms. The third-order valence-electron chi connectivity index (χ3n) is 4.07. The van der Waals surface area contributed by atoms with Gasteiger partial charge in [0.1, 0.15) is 0 Å². The SMILES string of the molecule is Cc1ccc(C)c(CC(=O)N=c2sc3cc([N+](=O)[O-])ccc3n2C)c1. The highest BCUT2D eigenvalue weighted by atomic mass is 32.1. The van der Waals surface area contributed by atoms with Crippen molar-refractivity contribution in [2.75, 3.05) is 0 Å². The summed E-state index contributed by atoms with van der Waals surface area (Å²) in [5.41, 5.74) is 3.98. The number of fused-ring (bicyclic) bond motifs is 1. The van der Waals surface area contributed by atoms with Gasteiger partial charge in [-0.05, 0) is 31.0 Å². The summed E-state index contributed by atoms with van der Waals surface area (Å²) < 4.78 is 2.51. The van der Waals surface area contributed by atoms with Crippen molar-refractivity contribution < 1.29 is 9.72 Å². The van der Waals surface area contributed by atoms with Crippen LogP contribution in [-0.4, -0.2) is 15.4 Å². The Kier molecular flexibility index (Phi) is 4.50. The Bertz CT molecular complexity index is 1060. The van der Waals surface area contributed by atoms with Gasteiger partial charge >= 0.3 is 0 Å². The zero-order valence-electron chi connectivity index (χ0n) is 14.1. The minimum atomic E-state index is -0.429. The fourth-order valence-corrected chi connectivity index (χ4v) is 3.71. The van der Waals surface area contributed by atoms with Crippen molar-refractivity contribution in [1.82, 2.24) is 4.57 Å². The van der Waals surface area contributed by atoms with Gasteiger partial charge in [0.2, 0.25) is 0 Å². The van der Waals surface area contributed by atoms with Gasteiger partial charge in [-0.3, -0.25) is 14.9 Å². The number of nitro benzene ring substituents is 1. The van der Waals surface area contributed by atoms with Gasteiger partial charge in [-0.2, -0.15) is 4.99 Å². The molecular formula is C18H17N3O3S. The summed E-state index contributed by atoms with van der Waals surface area (Å²) in [5.74, 6) is -0.231. The minimum absolute atomic E-state index is 0.0302. The number of carbonyl (C=O) groups excluding carboxylic acids is 1. The average molecular weight is 355 g/mol. The number of thiazole rings is 1. The van der Waals surface area contributed by atoms with Crippen LogP contribution in [0.25, 0.3) is 10.2 Å². The molecule has 0 radical (unpaired) electrons. The lowest BCUT2D eigenvalue weighted by atomic mass is 10.0. The Balaban J connectivity index is 1.97. The van der Waals surface area contributed by atoms with Crippen LogP contribution in [0.1, 0.15) is 16.7 Å². The number of amides is 1. The molecule has 3 rings (SSSR count). The maximum absolute atomic E-state index is 12.4. The maximum Gasteiger partial charge on any atom is 0.270 e. The second-order valence-electron chi connectivity index (χ2n) is 5.97. The van der Waals surface area contributed by atoms with Gasteiger partial charge in [-0.1, -0.05) is 35.1 Å². The molecule has 0 unspecified atom stereocenters. The first-order valence-electron chi connectivity index (χ1n) is 7.73. The van der Waals surface area contributed by atoms with Crippen LogP contribution in [0.3, 0.4) is 0 Å². The number of nitrogens with zero attached hydrogens (tertiary/aromatic N) is 3. The minimum Gasteiger partial charge on any atom is -0.319 e. The van der Waals surface area contributed by atoms with E-state index in [2.05, 4.69) is 4.99 Å². The van der Waals surface area contributed by atoms with Crippen molar-refractivity contribution in [3.8, 4) is 0 Å². The van der Waals surface area contributed by atoms with Crippen LogP contribution in [0.5, 0.6) is 0 Å². The van der Waals surface area contributed by atoms with Crippen molar-refractivity contribution in [1.29, 1.82) is 0 Å². The van der Waals surface area contributed by atoms with Gasteiger partial charge in [-0.15, -0.1) is 0 Å². The predicted octanol–water partition coefficient (Wildman–Crippen LogP) is 3.43. The fourth-order valence-electron chi connectivity index (χ4n) is 2.64. The van der Waals surface area contributed by atoms with Crippen molar-refractivity contribution in [3.05, 3.63) is 68.0 Å². The van der Waals surface area contributed by atoms with E-state index in [-0.39, 0.29) is 18.0 Å². The Hall–Kier alpha value is -2.80. The average Bonchev–Trinajstić information content (AvgIpc) is 2.86. The predicted molar refractivity (Wildman–Crippen MR) is 97.6 cm³/mol. The van der Waals surface area contributed by atoms with E-state index in [1.54, 1.807) is 17.7 Å². The summed E-state index contributed by atoms with van der Waals surface area (Å²) in [6, 6.07) is 10.6. The summed E-state index contributed by atoms with van der Waals surface area (Å²) in [6.45, 7) is 3.96. The topological polar surface area (TPSA) is 77.5 Å². The largest absolute Gasteiger partial charge is 0.319 e. The molecule has 1 amide bonds. The number of aryl methyl sites for hydroxylation is 3. The van der Waals surface area contributed by atoms with E-state index in [9.17, 15) is 14.9 Å². The highest BCUT2D eigenvalue weighted by Crippen LogP contribution is 2.22. The van der Waals surface area contributed by atoms with Crippen LogP contribution in [0.4, 0.5) is 5.69 Å². The van der Waals surface area contributed by atoms with Crippen LogP contribution in [0, 0.1) is 24.0 Å². The smallest absolute Gasteiger partial charge is 0.270 e. The van der Waals surface area contributed by atoms with Crippen LogP contribution in [-0.2, 0) is 18.3 Å². The lowest BCUT2D eigenvalue weighted by molar-refractivity contribution is -0.384. The van der Waals surface area contributed by atoms with E-state index in [1.165, 1.54) is 23.5 Å². The highest BCUT2D eigenvalue weighted by molar-refractivity contribution is 7.16. The molecule has 0 N–H and O–H groups in total. The monoisotopic (exact) mass is 355 g/mol. The number of aromatic nitrogens is 1. The third kappa shape index (κ3) is 3.51. The van der Waals surface area contributed by atoms with E-state index >= 15 is 0 Å². The van der Waals surface area contributed by atoms with Crippen LogP contribution >= 0.6 is 11.3 Å². The lowest BCUT2D eigenvalue weighted by Crippen LogP contribution is -2.14. The van der Waals surface area contributed by atoms with E-state index in [0.29, 0.717) is 4.80 Å². The van der Waals surface area contributed by atoms with Crippen molar-refractivity contribution in [2.24, 2.45) is 12.0 Å². The van der Waals surface area contributed by atoms with Crippen molar-refractivity contribution in [3.63, 3.8) is 0 Å². The Morgan fingerprint density at radius 2 is 2.00 bits per heavy atom. The van der Waals surface area contributed by atoms with E-state index < -0.39 is 4.92 Å². The lowest BCUT2D eigenvalue weighted by Gasteiger charge is -2.04. The first-order chi connectivity index (χ1) is 11.8.